The number of halogens is 3. The summed E-state index contributed by atoms with van der Waals surface area (Å²) in [4.78, 5) is 9.27. The topological polar surface area (TPSA) is 67.2 Å². The highest BCUT2D eigenvalue weighted by Gasteiger charge is 2.30. The average Bonchev–Trinajstić information content (AvgIpc) is 3.04. The summed E-state index contributed by atoms with van der Waals surface area (Å²) in [6.07, 6.45) is -1.80. The number of alkyl halides is 3. The van der Waals surface area contributed by atoms with Crippen molar-refractivity contribution in [3.05, 3.63) is 52.0 Å². The number of aliphatic imine (C=N–C) groups is 1. The number of aromatic nitrogens is 1. The molecule has 0 saturated heterocycles. The molecule has 1 aromatic heterocycles. The van der Waals surface area contributed by atoms with Gasteiger partial charge in [-0.05, 0) is 61.1 Å². The second-order valence-electron chi connectivity index (χ2n) is 6.06. The third-order valence-electron chi connectivity index (χ3n) is 4.02. The average molecular weight is 436 g/mol. The van der Waals surface area contributed by atoms with Gasteiger partial charge in [0.1, 0.15) is 0 Å². The van der Waals surface area contributed by atoms with E-state index < -0.39 is 11.7 Å². The minimum Gasteiger partial charge on any atom is -0.337 e. The lowest BCUT2D eigenvalue weighted by Gasteiger charge is -2.24. The number of rotatable bonds is 4. The van der Waals surface area contributed by atoms with Crippen molar-refractivity contribution in [3.8, 4) is 6.19 Å². The van der Waals surface area contributed by atoms with Gasteiger partial charge in [-0.2, -0.15) is 18.4 Å². The molecule has 0 bridgehead atoms. The number of thiazole rings is 1. The van der Waals surface area contributed by atoms with Crippen LogP contribution in [0.4, 0.5) is 24.5 Å². The zero-order valence-corrected chi connectivity index (χ0v) is 16.9. The molecule has 0 amide bonds. The van der Waals surface area contributed by atoms with Crippen LogP contribution in [0, 0.1) is 15.4 Å². The van der Waals surface area contributed by atoms with Crippen molar-refractivity contribution in [1.29, 1.82) is 5.26 Å². The third kappa shape index (κ3) is 4.93. The molecule has 150 valence electrons. The number of nitriles is 1. The number of hydrogen-bond acceptors (Lipinski definition) is 4. The van der Waals surface area contributed by atoms with Gasteiger partial charge in [-0.1, -0.05) is 6.92 Å². The second-order valence-corrected chi connectivity index (χ2v) is 7.78. The van der Waals surface area contributed by atoms with E-state index >= 15 is 0 Å². The number of anilines is 1. The molecule has 0 fully saturated rings. The molecule has 0 aliphatic heterocycles. The lowest BCUT2D eigenvalue weighted by molar-refractivity contribution is -0.137. The van der Waals surface area contributed by atoms with Crippen molar-refractivity contribution in [1.82, 2.24) is 10.3 Å². The Balaban J connectivity index is 2.01. The third-order valence-corrected chi connectivity index (χ3v) is 5.21. The summed E-state index contributed by atoms with van der Waals surface area (Å²) >= 11 is 6.62. The molecule has 5 nitrogen and oxygen atoms in total. The molecule has 3 aromatic rings. The summed E-state index contributed by atoms with van der Waals surface area (Å²) in [5, 5.41) is 11.7. The predicted molar refractivity (Wildman–Crippen MR) is 112 cm³/mol. The van der Waals surface area contributed by atoms with E-state index in [1.165, 1.54) is 23.5 Å². The highest BCUT2D eigenvalue weighted by molar-refractivity contribution is 7.73. The van der Waals surface area contributed by atoms with Crippen molar-refractivity contribution >= 4 is 51.1 Å². The van der Waals surface area contributed by atoms with Crippen molar-refractivity contribution in [2.75, 3.05) is 11.4 Å². The smallest absolute Gasteiger partial charge is 0.337 e. The van der Waals surface area contributed by atoms with Crippen molar-refractivity contribution < 1.29 is 13.2 Å². The predicted octanol–water partition coefficient (Wildman–Crippen LogP) is 5.95. The van der Waals surface area contributed by atoms with Crippen LogP contribution in [0.25, 0.3) is 10.2 Å². The van der Waals surface area contributed by atoms with Gasteiger partial charge in [-0.25, -0.2) is 4.99 Å². The Bertz CT molecular complexity index is 1120. The van der Waals surface area contributed by atoms with Crippen LogP contribution in [0.15, 0.2) is 47.5 Å². The largest absolute Gasteiger partial charge is 0.416 e. The summed E-state index contributed by atoms with van der Waals surface area (Å²) in [7, 11) is 0. The van der Waals surface area contributed by atoms with Gasteiger partial charge in [-0.3, -0.25) is 5.32 Å². The maximum atomic E-state index is 12.8. The Morgan fingerprint density at radius 2 is 2.00 bits per heavy atom. The van der Waals surface area contributed by atoms with E-state index in [1.54, 1.807) is 0 Å². The highest BCUT2D eigenvalue weighted by Crippen LogP contribution is 2.31. The standard InChI is InChI=1S/C19H16F3N5S2/c1-2-9-27(14-7-8-15-16(10-14)29-18(28)26-15)17(24-11-23)25-13-5-3-12(4-6-13)19(20,21)22/h3-8,10H,2,9H2,1H3,(H,24,25)(H,26,28). The molecule has 0 spiro atoms. The first-order valence-electron chi connectivity index (χ1n) is 8.63. The van der Waals surface area contributed by atoms with E-state index in [0.29, 0.717) is 16.2 Å². The molecule has 2 N–H and O–H groups in total. The summed E-state index contributed by atoms with van der Waals surface area (Å²) in [5.74, 6) is 0.229. The molecule has 0 radical (unpaired) electrons. The number of guanidine groups is 1. The van der Waals surface area contributed by atoms with Crippen LogP contribution < -0.4 is 10.2 Å². The van der Waals surface area contributed by atoms with Crippen LogP contribution in [0.2, 0.25) is 0 Å². The SMILES string of the molecule is CCCN(C(=Nc1ccc(C(F)(F)F)cc1)NC#N)c1ccc2[nH]c(=S)sc2c1. The molecule has 3 rings (SSSR count). The van der Waals surface area contributed by atoms with Gasteiger partial charge >= 0.3 is 6.18 Å². The van der Waals surface area contributed by atoms with Crippen LogP contribution in [-0.2, 0) is 6.18 Å². The number of aromatic amines is 1. The number of nitrogens with zero attached hydrogens (tertiary/aromatic N) is 3. The van der Waals surface area contributed by atoms with Crippen LogP contribution >= 0.6 is 23.6 Å². The maximum absolute atomic E-state index is 12.8. The molecule has 0 aliphatic rings. The first-order valence-corrected chi connectivity index (χ1v) is 9.85. The molecule has 1 heterocycles. The van der Waals surface area contributed by atoms with E-state index in [1.807, 2.05) is 36.2 Å². The van der Waals surface area contributed by atoms with Crippen molar-refractivity contribution in [2.45, 2.75) is 19.5 Å². The van der Waals surface area contributed by atoms with E-state index in [2.05, 4.69) is 15.3 Å². The maximum Gasteiger partial charge on any atom is 0.416 e. The number of hydrogen-bond donors (Lipinski definition) is 2. The molecule has 29 heavy (non-hydrogen) atoms. The van der Waals surface area contributed by atoms with Gasteiger partial charge in [0.15, 0.2) is 10.1 Å². The van der Waals surface area contributed by atoms with Crippen LogP contribution in [0.5, 0.6) is 0 Å². The zero-order valence-electron chi connectivity index (χ0n) is 15.2. The quantitative estimate of drug-likeness (QED) is 0.175. The van der Waals surface area contributed by atoms with Gasteiger partial charge < -0.3 is 9.88 Å². The number of benzene rings is 2. The lowest BCUT2D eigenvalue weighted by Crippen LogP contribution is -2.39. The zero-order chi connectivity index (χ0) is 21.0. The first-order chi connectivity index (χ1) is 13.8. The van der Waals surface area contributed by atoms with Crippen LogP contribution in [0.1, 0.15) is 18.9 Å². The molecular weight excluding hydrogens is 419 g/mol. The molecular formula is C19H16F3N5S2. The van der Waals surface area contributed by atoms with Crippen LogP contribution in [0.3, 0.4) is 0 Å². The first kappa shape index (κ1) is 20.8. The minimum atomic E-state index is -4.42. The number of H-pyrrole nitrogens is 1. The summed E-state index contributed by atoms with van der Waals surface area (Å²) in [5.41, 5.74) is 1.25. The summed E-state index contributed by atoms with van der Waals surface area (Å²) in [6, 6.07) is 10.2. The summed E-state index contributed by atoms with van der Waals surface area (Å²) < 4.78 is 39.9. The highest BCUT2D eigenvalue weighted by atomic mass is 32.1. The Labute approximate surface area is 174 Å². The van der Waals surface area contributed by atoms with Gasteiger partial charge in [0.2, 0.25) is 5.96 Å². The van der Waals surface area contributed by atoms with Crippen molar-refractivity contribution in [3.63, 3.8) is 0 Å². The van der Waals surface area contributed by atoms with Gasteiger partial charge in [0.05, 0.1) is 21.5 Å². The van der Waals surface area contributed by atoms with Crippen molar-refractivity contribution in [2.24, 2.45) is 4.99 Å². The van der Waals surface area contributed by atoms with E-state index in [4.69, 9.17) is 12.2 Å². The molecule has 0 aliphatic carbocycles. The normalized spacial score (nSPS) is 12.0. The van der Waals surface area contributed by atoms with Gasteiger partial charge in [-0.15, -0.1) is 11.3 Å². The van der Waals surface area contributed by atoms with E-state index in [-0.39, 0.29) is 5.96 Å². The molecule has 0 atom stereocenters. The molecule has 0 saturated carbocycles. The minimum absolute atomic E-state index is 0.229. The fraction of sp³-hybridized carbons (Fsp3) is 0.211. The lowest BCUT2D eigenvalue weighted by atomic mass is 10.2. The van der Waals surface area contributed by atoms with Crippen LogP contribution in [-0.4, -0.2) is 17.5 Å². The molecule has 10 heteroatoms. The monoisotopic (exact) mass is 435 g/mol. The summed E-state index contributed by atoms with van der Waals surface area (Å²) in [6.45, 7) is 2.53. The van der Waals surface area contributed by atoms with E-state index in [9.17, 15) is 18.4 Å². The molecule has 2 aromatic carbocycles. The number of fused-ring (bicyclic) bond motifs is 1. The fourth-order valence-corrected chi connectivity index (χ4v) is 3.88. The number of nitrogens with one attached hydrogen (secondary N) is 2. The fourth-order valence-electron chi connectivity index (χ4n) is 2.74. The second kappa shape index (κ2) is 8.63. The Morgan fingerprint density at radius 1 is 1.28 bits per heavy atom. The van der Waals surface area contributed by atoms with Gasteiger partial charge in [0.25, 0.3) is 0 Å². The Morgan fingerprint density at radius 3 is 2.62 bits per heavy atom. The Hall–Kier alpha value is -2.90. The van der Waals surface area contributed by atoms with E-state index in [0.717, 1.165) is 34.5 Å². The molecule has 0 unspecified atom stereocenters. The van der Waals surface area contributed by atoms with Gasteiger partial charge in [0, 0.05) is 12.2 Å². The Kier molecular flexibility index (Phi) is 6.20.